The summed E-state index contributed by atoms with van der Waals surface area (Å²) in [6.45, 7) is 14.5. The topological polar surface area (TPSA) is 131 Å². The summed E-state index contributed by atoms with van der Waals surface area (Å²) < 4.78 is 29.5. The lowest BCUT2D eigenvalue weighted by Gasteiger charge is -2.32. The van der Waals surface area contributed by atoms with E-state index in [4.69, 9.17) is 28.7 Å². The van der Waals surface area contributed by atoms with Crippen LogP contribution < -0.4 is 33.9 Å². The van der Waals surface area contributed by atoms with Gasteiger partial charge in [-0.1, -0.05) is 24.3 Å². The average molecular weight is 770 g/mol. The summed E-state index contributed by atoms with van der Waals surface area (Å²) in [6, 6.07) is 16.1. The molecule has 0 atom stereocenters. The summed E-state index contributed by atoms with van der Waals surface area (Å²) in [6.07, 6.45) is 1.86. The maximum absolute atomic E-state index is 14.3. The Labute approximate surface area is 330 Å². The first kappa shape index (κ1) is 41.6. The smallest absolute Gasteiger partial charge is 0.425 e. The Morgan fingerprint density at radius 3 is 2.20 bits per heavy atom. The van der Waals surface area contributed by atoms with Crippen LogP contribution in [0.3, 0.4) is 0 Å². The Balaban J connectivity index is 1.44. The molecule has 1 aliphatic heterocycles. The van der Waals surface area contributed by atoms with Crippen molar-refractivity contribution in [3.8, 4) is 28.7 Å². The summed E-state index contributed by atoms with van der Waals surface area (Å²) in [5, 5.41) is 3.25. The molecule has 1 aliphatic rings. The maximum atomic E-state index is 14.3. The molecular weight excluding hydrogens is 715 g/mol. The van der Waals surface area contributed by atoms with Crippen LogP contribution in [0, 0.1) is 13.8 Å². The number of aromatic nitrogens is 2. The number of carbonyl (C=O) groups excluding carboxylic acids is 2. The molecule has 1 aromatic heterocycles. The zero-order valence-corrected chi connectivity index (χ0v) is 33.9. The van der Waals surface area contributed by atoms with Crippen LogP contribution >= 0.6 is 0 Å². The average Bonchev–Trinajstić information content (AvgIpc) is 3.19. The van der Waals surface area contributed by atoms with E-state index in [1.165, 1.54) is 12.0 Å². The van der Waals surface area contributed by atoms with Crippen molar-refractivity contribution in [3.05, 3.63) is 77.5 Å². The Kier molecular flexibility index (Phi) is 14.7. The Bertz CT molecular complexity index is 1930. The molecule has 300 valence electrons. The Morgan fingerprint density at radius 2 is 1.54 bits per heavy atom. The first-order chi connectivity index (χ1) is 27.1. The number of anilines is 4. The highest BCUT2D eigenvalue weighted by atomic mass is 16.6. The lowest BCUT2D eigenvalue weighted by atomic mass is 10.1. The van der Waals surface area contributed by atoms with Crippen molar-refractivity contribution in [3.63, 3.8) is 0 Å². The number of ether oxygens (including phenoxy) is 5. The van der Waals surface area contributed by atoms with E-state index in [2.05, 4.69) is 27.1 Å². The van der Waals surface area contributed by atoms with Gasteiger partial charge in [-0.3, -0.25) is 4.79 Å². The van der Waals surface area contributed by atoms with Crippen LogP contribution in [0.25, 0.3) is 0 Å². The lowest BCUT2D eigenvalue weighted by Crippen LogP contribution is -2.44. The van der Waals surface area contributed by atoms with E-state index in [0.29, 0.717) is 59.8 Å². The number of nitrogens with one attached hydrogen (secondary N) is 1. The number of methoxy groups -OCH3 is 3. The van der Waals surface area contributed by atoms with Gasteiger partial charge in [0.05, 0.1) is 40.0 Å². The molecule has 3 aromatic carbocycles. The fourth-order valence-electron chi connectivity index (χ4n) is 6.60. The van der Waals surface area contributed by atoms with Crippen LogP contribution in [0.5, 0.6) is 28.7 Å². The Morgan fingerprint density at radius 1 is 0.839 bits per heavy atom. The second-order valence-electron chi connectivity index (χ2n) is 13.6. The number of rotatable bonds is 17. The third-order valence-electron chi connectivity index (χ3n) is 9.78. The van der Waals surface area contributed by atoms with Gasteiger partial charge in [0.25, 0.3) is 0 Å². The minimum Gasteiger partial charge on any atom is -0.495 e. The fraction of sp³-hybridized carbons (Fsp3) is 0.429. The number of nitrogens with zero attached hydrogens (tertiary/aromatic N) is 6. The maximum Gasteiger partial charge on any atom is 0.425 e. The number of aryl methyl sites for hydroxylation is 2. The predicted octanol–water partition coefficient (Wildman–Crippen LogP) is 6.63. The highest BCUT2D eigenvalue weighted by Crippen LogP contribution is 2.41. The molecule has 0 aliphatic carbocycles. The molecule has 14 nitrogen and oxygen atoms in total. The van der Waals surface area contributed by atoms with E-state index in [9.17, 15) is 9.59 Å². The molecule has 0 bridgehead atoms. The van der Waals surface area contributed by atoms with Gasteiger partial charge in [0.2, 0.25) is 17.6 Å². The van der Waals surface area contributed by atoms with E-state index in [0.717, 1.165) is 55.8 Å². The summed E-state index contributed by atoms with van der Waals surface area (Å²) in [5.41, 5.74) is 3.28. The van der Waals surface area contributed by atoms with Crippen LogP contribution in [-0.2, 0) is 11.2 Å². The van der Waals surface area contributed by atoms with Crippen LogP contribution in [0.15, 0.2) is 60.8 Å². The van der Waals surface area contributed by atoms with Crippen molar-refractivity contribution in [2.75, 3.05) is 91.0 Å². The molecule has 56 heavy (non-hydrogen) atoms. The zero-order chi connectivity index (χ0) is 40.2. The van der Waals surface area contributed by atoms with E-state index in [1.54, 1.807) is 55.6 Å². The predicted molar refractivity (Wildman–Crippen MR) is 218 cm³/mol. The molecular formula is C42H55N7O7. The van der Waals surface area contributed by atoms with Gasteiger partial charge in [-0.15, -0.1) is 0 Å². The molecule has 1 N–H and O–H groups in total. The monoisotopic (exact) mass is 769 g/mol. The SMILES string of the molecule is CCN(CC)C(=O)Cc1ccc(N(C(=O)Oc2c(C)cccc2C)c2ccnc(Nc3cc(OC)c(OC)c(OCCCN4CCN(C)CC4)c3)n2)c(OC)c1. The minimum atomic E-state index is -0.712. The van der Waals surface area contributed by atoms with Crippen molar-refractivity contribution in [1.29, 1.82) is 0 Å². The number of hydrogen-bond acceptors (Lipinski definition) is 12. The second-order valence-corrected chi connectivity index (χ2v) is 13.6. The number of para-hydroxylation sites is 1. The molecule has 0 unspecified atom stereocenters. The van der Waals surface area contributed by atoms with E-state index in [-0.39, 0.29) is 24.1 Å². The van der Waals surface area contributed by atoms with Gasteiger partial charge in [-0.25, -0.2) is 14.7 Å². The van der Waals surface area contributed by atoms with Crippen LogP contribution in [0.4, 0.5) is 27.9 Å². The molecule has 2 heterocycles. The quantitative estimate of drug-likeness (QED) is 0.116. The second kappa shape index (κ2) is 19.8. The molecule has 1 fully saturated rings. The number of amides is 2. The summed E-state index contributed by atoms with van der Waals surface area (Å²) in [5.74, 6) is 2.65. The highest BCUT2D eigenvalue weighted by Gasteiger charge is 2.27. The van der Waals surface area contributed by atoms with E-state index >= 15 is 0 Å². The standard InChI is InChI=1S/C42H55N7O7/c1-9-48(10-2)38(50)26-31-15-16-33(34(25-31)52-6)49(42(51)56-39-29(3)13-11-14-30(39)4)37-17-18-43-41(45-37)44-32-27-35(53-7)40(54-8)36(28-32)55-24-12-19-47-22-20-46(5)21-23-47/h11,13-18,25,27-28H,9-10,12,19-24,26H2,1-8H3,(H,43,44,45). The van der Waals surface area contributed by atoms with Gasteiger partial charge < -0.3 is 43.7 Å². The van der Waals surface area contributed by atoms with Gasteiger partial charge in [-0.05, 0) is 70.0 Å². The first-order valence-electron chi connectivity index (χ1n) is 19.0. The largest absolute Gasteiger partial charge is 0.495 e. The molecule has 0 saturated carbocycles. The third kappa shape index (κ3) is 10.4. The first-order valence-corrected chi connectivity index (χ1v) is 19.0. The molecule has 2 amide bonds. The van der Waals surface area contributed by atoms with E-state index in [1.807, 2.05) is 52.0 Å². The third-order valence-corrected chi connectivity index (χ3v) is 9.78. The molecule has 4 aromatic rings. The highest BCUT2D eigenvalue weighted by molar-refractivity contribution is 5.98. The summed E-state index contributed by atoms with van der Waals surface area (Å²) in [7, 11) is 6.80. The van der Waals surface area contributed by atoms with Crippen molar-refractivity contribution < 1.29 is 33.3 Å². The number of benzene rings is 3. The molecule has 0 spiro atoms. The summed E-state index contributed by atoms with van der Waals surface area (Å²) in [4.78, 5) is 44.4. The van der Waals surface area contributed by atoms with Crippen molar-refractivity contribution >= 4 is 35.1 Å². The van der Waals surface area contributed by atoms with Gasteiger partial charge >= 0.3 is 6.09 Å². The molecule has 14 heteroatoms. The molecule has 0 radical (unpaired) electrons. The van der Waals surface area contributed by atoms with Crippen molar-refractivity contribution in [1.82, 2.24) is 24.7 Å². The van der Waals surface area contributed by atoms with Crippen molar-refractivity contribution in [2.24, 2.45) is 0 Å². The minimum absolute atomic E-state index is 0.00279. The molecule has 1 saturated heterocycles. The van der Waals surface area contributed by atoms with Gasteiger partial charge in [-0.2, -0.15) is 4.98 Å². The van der Waals surface area contributed by atoms with Crippen molar-refractivity contribution in [2.45, 2.75) is 40.5 Å². The van der Waals surface area contributed by atoms with Gasteiger partial charge in [0, 0.05) is 75.9 Å². The van der Waals surface area contributed by atoms with Gasteiger partial charge in [0.1, 0.15) is 17.3 Å². The zero-order valence-electron chi connectivity index (χ0n) is 33.9. The number of piperazine rings is 1. The summed E-state index contributed by atoms with van der Waals surface area (Å²) >= 11 is 0. The van der Waals surface area contributed by atoms with Crippen LogP contribution in [0.1, 0.15) is 37.0 Å². The van der Waals surface area contributed by atoms with Crippen LogP contribution in [-0.4, -0.2) is 117 Å². The van der Waals surface area contributed by atoms with Gasteiger partial charge in [0.15, 0.2) is 11.5 Å². The Hall–Kier alpha value is -5.60. The fourth-order valence-corrected chi connectivity index (χ4v) is 6.60. The van der Waals surface area contributed by atoms with Crippen LogP contribution in [0.2, 0.25) is 0 Å². The van der Waals surface area contributed by atoms with E-state index < -0.39 is 6.09 Å². The normalized spacial score (nSPS) is 13.1. The number of carbonyl (C=O) groups is 2. The molecule has 5 rings (SSSR count). The number of likely N-dealkylation sites (N-methyl/N-ethyl adjacent to an activating group) is 2. The lowest BCUT2D eigenvalue weighted by molar-refractivity contribution is -0.130. The number of hydrogen-bond donors (Lipinski definition) is 1.